The highest BCUT2D eigenvalue weighted by Crippen LogP contribution is 2.23. The fourth-order valence-electron chi connectivity index (χ4n) is 2.51. The number of H-pyrrole nitrogens is 1. The molecule has 3 N–H and O–H groups in total. The van der Waals surface area contributed by atoms with Crippen LogP contribution < -0.4 is 5.32 Å². The average molecular weight is 328 g/mol. The largest absolute Gasteiger partial charge is 0.388 e. The molecule has 5 nitrogen and oxygen atoms in total. The summed E-state index contributed by atoms with van der Waals surface area (Å²) in [4.78, 5) is 5.16. The van der Waals surface area contributed by atoms with Crippen molar-refractivity contribution in [2.24, 2.45) is 0 Å². The van der Waals surface area contributed by atoms with Crippen LogP contribution in [0.5, 0.6) is 0 Å². The Morgan fingerprint density at radius 3 is 2.96 bits per heavy atom. The van der Waals surface area contributed by atoms with E-state index in [-0.39, 0.29) is 6.04 Å². The lowest BCUT2D eigenvalue weighted by Gasteiger charge is -2.17. The molecule has 0 fully saturated rings. The maximum atomic E-state index is 10.2. The highest BCUT2D eigenvalue weighted by molar-refractivity contribution is 7.10. The van der Waals surface area contributed by atoms with Gasteiger partial charge in [0, 0.05) is 41.0 Å². The molecule has 6 heteroatoms. The Morgan fingerprint density at radius 2 is 2.22 bits per heavy atom. The molecular weight excluding hydrogens is 308 g/mol. The number of nitrogens with zero attached hydrogens (tertiary/aromatic N) is 2. The molecule has 0 saturated heterocycles. The lowest BCUT2D eigenvalue weighted by atomic mass is 10.1. The van der Waals surface area contributed by atoms with Gasteiger partial charge in [-0.1, -0.05) is 6.07 Å². The second kappa shape index (κ2) is 7.50. The smallest absolute Gasteiger partial charge is 0.0896 e. The van der Waals surface area contributed by atoms with Crippen LogP contribution in [0.1, 0.15) is 29.9 Å². The van der Waals surface area contributed by atoms with Gasteiger partial charge in [0.2, 0.25) is 0 Å². The molecule has 23 heavy (non-hydrogen) atoms. The molecule has 120 valence electrons. The van der Waals surface area contributed by atoms with E-state index in [9.17, 15) is 5.11 Å². The third kappa shape index (κ3) is 4.04. The lowest BCUT2D eigenvalue weighted by molar-refractivity contribution is 0.157. The molecule has 2 unspecified atom stereocenters. The van der Waals surface area contributed by atoms with Crippen molar-refractivity contribution < 1.29 is 5.11 Å². The number of aromatic nitrogens is 3. The number of hydrogen-bond donors (Lipinski definition) is 3. The summed E-state index contributed by atoms with van der Waals surface area (Å²) in [5.74, 6) is 0. The van der Waals surface area contributed by atoms with Crippen LogP contribution in [0.4, 0.5) is 0 Å². The average Bonchev–Trinajstić information content (AvgIpc) is 3.25. The number of nitrogens with one attached hydrogen (secondary N) is 2. The summed E-state index contributed by atoms with van der Waals surface area (Å²) in [7, 11) is 0. The van der Waals surface area contributed by atoms with E-state index in [1.54, 1.807) is 17.5 Å². The van der Waals surface area contributed by atoms with E-state index < -0.39 is 6.10 Å². The summed E-state index contributed by atoms with van der Waals surface area (Å²) in [5, 5.41) is 22.8. The van der Waals surface area contributed by atoms with Crippen LogP contribution >= 0.6 is 11.3 Å². The lowest BCUT2D eigenvalue weighted by Crippen LogP contribution is -2.27. The van der Waals surface area contributed by atoms with Gasteiger partial charge in [-0.05, 0) is 36.9 Å². The van der Waals surface area contributed by atoms with Gasteiger partial charge < -0.3 is 10.4 Å². The van der Waals surface area contributed by atoms with Crippen LogP contribution in [0.2, 0.25) is 0 Å². The van der Waals surface area contributed by atoms with Gasteiger partial charge in [-0.25, -0.2) is 0 Å². The number of hydrogen-bond acceptors (Lipinski definition) is 5. The second-order valence-electron chi connectivity index (χ2n) is 5.56. The van der Waals surface area contributed by atoms with E-state index in [1.807, 2.05) is 42.0 Å². The zero-order valence-corrected chi connectivity index (χ0v) is 13.8. The Morgan fingerprint density at radius 1 is 1.30 bits per heavy atom. The predicted octanol–water partition coefficient (Wildman–Crippen LogP) is 3.14. The van der Waals surface area contributed by atoms with Crippen molar-refractivity contribution in [2.75, 3.05) is 0 Å². The summed E-state index contributed by atoms with van der Waals surface area (Å²) in [5.41, 5.74) is 3.10. The predicted molar refractivity (Wildman–Crippen MR) is 92.0 cm³/mol. The summed E-state index contributed by atoms with van der Waals surface area (Å²) in [6, 6.07) is 8.05. The van der Waals surface area contributed by atoms with Crippen LogP contribution in [0, 0.1) is 0 Å². The first-order valence-electron chi connectivity index (χ1n) is 7.61. The van der Waals surface area contributed by atoms with E-state index in [2.05, 4.69) is 27.4 Å². The van der Waals surface area contributed by atoms with E-state index in [1.165, 1.54) is 0 Å². The van der Waals surface area contributed by atoms with E-state index in [4.69, 9.17) is 0 Å². The zero-order valence-electron chi connectivity index (χ0n) is 12.9. The first-order valence-corrected chi connectivity index (χ1v) is 8.49. The third-order valence-electron chi connectivity index (χ3n) is 3.76. The standard InChI is InChI=1S/C17H20N4OS/c1-12(8-15(22)16-5-3-7-23-16)19-10-14-11-20-21-17(14)13-4-2-6-18-9-13/h2-7,9,11-12,15,19,22H,8,10H2,1H3,(H,20,21). The van der Waals surface area contributed by atoms with Gasteiger partial charge in [0.1, 0.15) is 0 Å². The number of aliphatic hydroxyl groups is 1. The first-order chi connectivity index (χ1) is 11.2. The Labute approximate surface area is 139 Å². The second-order valence-corrected chi connectivity index (χ2v) is 6.54. The fourth-order valence-corrected chi connectivity index (χ4v) is 3.23. The SMILES string of the molecule is CC(CC(O)c1cccs1)NCc1cn[nH]c1-c1cccnc1. The highest BCUT2D eigenvalue weighted by atomic mass is 32.1. The van der Waals surface area contributed by atoms with Gasteiger partial charge >= 0.3 is 0 Å². The van der Waals surface area contributed by atoms with Crippen LogP contribution in [0.25, 0.3) is 11.3 Å². The van der Waals surface area contributed by atoms with Crippen LogP contribution in [0.3, 0.4) is 0 Å². The molecule has 0 spiro atoms. The zero-order chi connectivity index (χ0) is 16.1. The Hall–Kier alpha value is -2.02. The van der Waals surface area contributed by atoms with Crippen molar-refractivity contribution in [3.8, 4) is 11.3 Å². The summed E-state index contributed by atoms with van der Waals surface area (Å²) in [6.45, 7) is 2.78. The summed E-state index contributed by atoms with van der Waals surface area (Å²) >= 11 is 1.59. The molecule has 0 aliphatic rings. The van der Waals surface area contributed by atoms with E-state index in [0.29, 0.717) is 13.0 Å². The summed E-state index contributed by atoms with van der Waals surface area (Å²) < 4.78 is 0. The van der Waals surface area contributed by atoms with Gasteiger partial charge in [-0.2, -0.15) is 5.10 Å². The van der Waals surface area contributed by atoms with E-state index in [0.717, 1.165) is 21.7 Å². The molecule has 2 atom stereocenters. The molecule has 3 aromatic heterocycles. The van der Waals surface area contributed by atoms with Crippen LogP contribution in [-0.2, 0) is 6.54 Å². The molecule has 3 rings (SSSR count). The Kier molecular flexibility index (Phi) is 5.17. The number of thiophene rings is 1. The van der Waals surface area contributed by atoms with Crippen molar-refractivity contribution in [3.63, 3.8) is 0 Å². The van der Waals surface area contributed by atoms with Crippen molar-refractivity contribution in [2.45, 2.75) is 32.0 Å². The molecule has 3 aromatic rings. The van der Waals surface area contributed by atoms with Gasteiger partial charge in [0.05, 0.1) is 18.0 Å². The fraction of sp³-hybridized carbons (Fsp3) is 0.294. The van der Waals surface area contributed by atoms with Crippen molar-refractivity contribution in [1.29, 1.82) is 0 Å². The van der Waals surface area contributed by atoms with E-state index >= 15 is 0 Å². The van der Waals surface area contributed by atoms with Crippen molar-refractivity contribution >= 4 is 11.3 Å². The minimum absolute atomic E-state index is 0.198. The highest BCUT2D eigenvalue weighted by Gasteiger charge is 2.14. The van der Waals surface area contributed by atoms with Gasteiger partial charge in [-0.15, -0.1) is 11.3 Å². The molecule has 3 heterocycles. The van der Waals surface area contributed by atoms with Crippen molar-refractivity contribution in [1.82, 2.24) is 20.5 Å². The molecule has 0 amide bonds. The number of rotatable bonds is 7. The van der Waals surface area contributed by atoms with Crippen molar-refractivity contribution in [3.05, 3.63) is 58.7 Å². The maximum Gasteiger partial charge on any atom is 0.0896 e. The Bertz CT molecular complexity index is 711. The number of aliphatic hydroxyl groups excluding tert-OH is 1. The minimum atomic E-state index is -0.417. The normalized spacial score (nSPS) is 13.8. The molecule has 0 aromatic carbocycles. The van der Waals surface area contributed by atoms with Crippen LogP contribution in [-0.4, -0.2) is 26.3 Å². The van der Waals surface area contributed by atoms with Gasteiger partial charge in [-0.3, -0.25) is 10.1 Å². The monoisotopic (exact) mass is 328 g/mol. The topological polar surface area (TPSA) is 73.8 Å². The maximum absolute atomic E-state index is 10.2. The first kappa shape index (κ1) is 15.9. The molecule has 0 aliphatic carbocycles. The van der Waals surface area contributed by atoms with Crippen LogP contribution in [0.15, 0.2) is 48.2 Å². The number of aromatic amines is 1. The Balaban J connectivity index is 1.58. The molecular formula is C17H20N4OS. The molecule has 0 aliphatic heterocycles. The number of pyridine rings is 1. The molecule has 0 bridgehead atoms. The van der Waals surface area contributed by atoms with Gasteiger partial charge in [0.25, 0.3) is 0 Å². The quantitative estimate of drug-likeness (QED) is 0.623. The third-order valence-corrected chi connectivity index (χ3v) is 4.73. The summed E-state index contributed by atoms with van der Waals surface area (Å²) in [6.07, 6.45) is 5.67. The van der Waals surface area contributed by atoms with Gasteiger partial charge in [0.15, 0.2) is 0 Å². The molecule has 0 radical (unpaired) electrons. The minimum Gasteiger partial charge on any atom is -0.388 e. The molecule has 0 saturated carbocycles.